The SMILES string of the molecule is COC(=O)C1=C(Cl)NC(c2ncc(I)cc2F)=NC1(C)c1ccc(F)c(F)c1. The first-order valence-corrected chi connectivity index (χ1v) is 9.25. The summed E-state index contributed by atoms with van der Waals surface area (Å²) in [6, 6.07) is 4.30. The summed E-state index contributed by atoms with van der Waals surface area (Å²) in [4.78, 5) is 20.7. The number of nitrogens with zero attached hydrogens (tertiary/aromatic N) is 2. The Kier molecular flexibility index (Phi) is 5.67. The van der Waals surface area contributed by atoms with E-state index in [9.17, 15) is 18.0 Å². The van der Waals surface area contributed by atoms with Crippen LogP contribution in [0.2, 0.25) is 0 Å². The van der Waals surface area contributed by atoms with Crippen LogP contribution in [0.1, 0.15) is 18.2 Å². The number of pyridine rings is 1. The van der Waals surface area contributed by atoms with Crippen molar-refractivity contribution in [1.29, 1.82) is 0 Å². The van der Waals surface area contributed by atoms with Gasteiger partial charge in [0.1, 0.15) is 22.0 Å². The lowest BCUT2D eigenvalue weighted by Gasteiger charge is -2.33. The van der Waals surface area contributed by atoms with Crippen LogP contribution in [0.15, 0.2) is 46.2 Å². The maximum Gasteiger partial charge on any atom is 0.339 e. The van der Waals surface area contributed by atoms with Crippen LogP contribution in [0, 0.1) is 21.0 Å². The molecule has 0 aliphatic carbocycles. The molecular weight excluding hydrogens is 510 g/mol. The predicted molar refractivity (Wildman–Crippen MR) is 105 cm³/mol. The lowest BCUT2D eigenvalue weighted by molar-refractivity contribution is -0.136. The molecule has 1 unspecified atom stereocenters. The van der Waals surface area contributed by atoms with Gasteiger partial charge in [-0.3, -0.25) is 0 Å². The largest absolute Gasteiger partial charge is 0.465 e. The van der Waals surface area contributed by atoms with Crippen molar-refractivity contribution in [1.82, 2.24) is 10.3 Å². The third kappa shape index (κ3) is 3.60. The van der Waals surface area contributed by atoms with Crippen LogP contribution in [0.3, 0.4) is 0 Å². The molecule has 1 atom stereocenters. The number of hydrogen-bond acceptors (Lipinski definition) is 5. The zero-order valence-electron chi connectivity index (χ0n) is 14.5. The van der Waals surface area contributed by atoms with E-state index in [0.717, 1.165) is 19.2 Å². The number of aliphatic imine (C=N–C) groups is 1. The van der Waals surface area contributed by atoms with Gasteiger partial charge < -0.3 is 10.1 Å². The Morgan fingerprint density at radius 1 is 1.21 bits per heavy atom. The van der Waals surface area contributed by atoms with E-state index in [1.807, 2.05) is 22.6 Å². The Morgan fingerprint density at radius 2 is 1.93 bits per heavy atom. The van der Waals surface area contributed by atoms with E-state index >= 15 is 0 Å². The van der Waals surface area contributed by atoms with Crippen molar-refractivity contribution in [2.24, 2.45) is 4.99 Å². The molecular formula is C18H12ClF3IN3O2. The van der Waals surface area contributed by atoms with Gasteiger partial charge in [-0.1, -0.05) is 17.7 Å². The minimum Gasteiger partial charge on any atom is -0.465 e. The van der Waals surface area contributed by atoms with Crippen molar-refractivity contribution < 1.29 is 22.7 Å². The van der Waals surface area contributed by atoms with Gasteiger partial charge in [0.2, 0.25) is 0 Å². The molecule has 10 heteroatoms. The molecule has 0 fully saturated rings. The average Bonchev–Trinajstić information content (AvgIpc) is 2.63. The average molecular weight is 522 g/mol. The molecule has 0 spiro atoms. The number of methoxy groups -OCH3 is 1. The molecule has 3 rings (SSSR count). The summed E-state index contributed by atoms with van der Waals surface area (Å²) in [5.41, 5.74) is -1.75. The van der Waals surface area contributed by atoms with E-state index < -0.39 is 29.0 Å². The first-order chi connectivity index (χ1) is 13.2. The van der Waals surface area contributed by atoms with E-state index in [1.165, 1.54) is 25.3 Å². The van der Waals surface area contributed by atoms with Crippen LogP contribution in [0.4, 0.5) is 13.2 Å². The van der Waals surface area contributed by atoms with Crippen molar-refractivity contribution in [3.8, 4) is 0 Å². The maximum atomic E-state index is 14.4. The number of amidine groups is 1. The molecule has 1 aromatic carbocycles. The van der Waals surface area contributed by atoms with Crippen LogP contribution in [-0.4, -0.2) is 23.9 Å². The first kappa shape index (κ1) is 20.6. The fourth-order valence-electron chi connectivity index (χ4n) is 2.79. The van der Waals surface area contributed by atoms with Crippen molar-refractivity contribution in [2.45, 2.75) is 12.5 Å². The number of aromatic nitrogens is 1. The molecule has 2 aromatic rings. The van der Waals surface area contributed by atoms with Crippen molar-refractivity contribution in [2.75, 3.05) is 7.11 Å². The number of halogens is 5. The smallest absolute Gasteiger partial charge is 0.339 e. The van der Waals surface area contributed by atoms with Gasteiger partial charge in [0, 0.05) is 9.77 Å². The van der Waals surface area contributed by atoms with Crippen LogP contribution in [0.5, 0.6) is 0 Å². The Balaban J connectivity index is 2.24. The van der Waals surface area contributed by atoms with Gasteiger partial charge in [0.25, 0.3) is 0 Å². The molecule has 5 nitrogen and oxygen atoms in total. The summed E-state index contributed by atoms with van der Waals surface area (Å²) in [5.74, 6) is -3.77. The molecule has 0 bridgehead atoms. The second-order valence-electron chi connectivity index (χ2n) is 5.95. The fourth-order valence-corrected chi connectivity index (χ4v) is 3.55. The summed E-state index contributed by atoms with van der Waals surface area (Å²) in [5, 5.41) is 2.44. The molecule has 28 heavy (non-hydrogen) atoms. The van der Waals surface area contributed by atoms with E-state index in [1.54, 1.807) is 0 Å². The highest BCUT2D eigenvalue weighted by Crippen LogP contribution is 2.40. The number of carbonyl (C=O) groups excluding carboxylic acids is 1. The van der Waals surface area contributed by atoms with E-state index in [4.69, 9.17) is 16.3 Å². The Bertz CT molecular complexity index is 1040. The van der Waals surface area contributed by atoms with E-state index in [-0.39, 0.29) is 27.8 Å². The van der Waals surface area contributed by atoms with E-state index in [2.05, 4.69) is 15.3 Å². The fraction of sp³-hybridized carbons (Fsp3) is 0.167. The summed E-state index contributed by atoms with van der Waals surface area (Å²) in [7, 11) is 1.14. The third-order valence-electron chi connectivity index (χ3n) is 4.17. The Hall–Kier alpha value is -2.14. The number of benzene rings is 1. The minimum atomic E-state index is -1.59. The highest BCUT2D eigenvalue weighted by atomic mass is 127. The summed E-state index contributed by atoms with van der Waals surface area (Å²) < 4.78 is 47.0. The number of carbonyl (C=O) groups is 1. The van der Waals surface area contributed by atoms with Gasteiger partial charge in [-0.25, -0.2) is 27.9 Å². The number of rotatable bonds is 3. The maximum absolute atomic E-state index is 14.4. The highest BCUT2D eigenvalue weighted by molar-refractivity contribution is 14.1. The quantitative estimate of drug-likeness (QED) is 0.377. The molecule has 0 radical (unpaired) electrons. The summed E-state index contributed by atoms with van der Waals surface area (Å²) >= 11 is 8.16. The Labute approximate surface area is 176 Å². The van der Waals surface area contributed by atoms with E-state index in [0.29, 0.717) is 3.57 Å². The van der Waals surface area contributed by atoms with Gasteiger partial charge in [0.05, 0.1) is 7.11 Å². The number of esters is 1. The molecule has 146 valence electrons. The molecule has 1 aliphatic rings. The van der Waals surface area contributed by atoms with Crippen molar-refractivity contribution in [3.63, 3.8) is 0 Å². The lowest BCUT2D eigenvalue weighted by atomic mass is 9.84. The normalized spacial score (nSPS) is 19.2. The zero-order valence-corrected chi connectivity index (χ0v) is 17.4. The lowest BCUT2D eigenvalue weighted by Crippen LogP contribution is -2.41. The van der Waals surface area contributed by atoms with Gasteiger partial charge in [-0.15, -0.1) is 0 Å². The topological polar surface area (TPSA) is 63.6 Å². The second kappa shape index (κ2) is 7.70. The second-order valence-corrected chi connectivity index (χ2v) is 7.57. The number of hydrogen-bond donors (Lipinski definition) is 1. The van der Waals surface area contributed by atoms with Gasteiger partial charge in [-0.2, -0.15) is 0 Å². The summed E-state index contributed by atoms with van der Waals surface area (Å²) in [6.07, 6.45) is 1.42. The monoisotopic (exact) mass is 521 g/mol. The minimum absolute atomic E-state index is 0.0706. The molecule has 0 saturated carbocycles. The van der Waals surface area contributed by atoms with Crippen molar-refractivity contribution in [3.05, 3.63) is 73.5 Å². The van der Waals surface area contributed by atoms with Gasteiger partial charge in [-0.05, 0) is 53.3 Å². The molecule has 2 heterocycles. The molecule has 0 amide bonds. The molecule has 0 saturated heterocycles. The van der Waals surface area contributed by atoms with Crippen LogP contribution in [-0.2, 0) is 15.1 Å². The standard InChI is InChI=1S/C18H12ClF3IN3O2/c1-18(8-3-4-10(20)11(21)5-8)13(17(27)28-2)15(19)25-16(26-18)14-12(22)6-9(23)7-24-14/h3-7H,1-2H3,(H,25,26). The summed E-state index contributed by atoms with van der Waals surface area (Å²) in [6.45, 7) is 1.46. The van der Waals surface area contributed by atoms with Gasteiger partial charge >= 0.3 is 5.97 Å². The van der Waals surface area contributed by atoms with Crippen LogP contribution >= 0.6 is 34.2 Å². The third-order valence-corrected chi connectivity index (χ3v) is 5.05. The zero-order chi connectivity index (χ0) is 20.6. The number of nitrogens with one attached hydrogen (secondary N) is 1. The Morgan fingerprint density at radius 3 is 2.54 bits per heavy atom. The van der Waals surface area contributed by atoms with Crippen LogP contribution < -0.4 is 5.32 Å². The van der Waals surface area contributed by atoms with Gasteiger partial charge in [0.15, 0.2) is 23.3 Å². The first-order valence-electron chi connectivity index (χ1n) is 7.79. The molecule has 1 aromatic heterocycles. The molecule has 1 N–H and O–H groups in total. The molecule has 1 aliphatic heterocycles. The predicted octanol–water partition coefficient (Wildman–Crippen LogP) is 3.99. The van der Waals surface area contributed by atoms with Crippen LogP contribution in [0.25, 0.3) is 0 Å². The highest BCUT2D eigenvalue weighted by Gasteiger charge is 2.42. The number of ether oxygens (including phenoxy) is 1. The van der Waals surface area contributed by atoms with Crippen molar-refractivity contribution >= 4 is 46.0 Å².